The summed E-state index contributed by atoms with van der Waals surface area (Å²) >= 11 is 1.69. The highest BCUT2D eigenvalue weighted by molar-refractivity contribution is 7.07. The van der Waals surface area contributed by atoms with Crippen LogP contribution in [0.5, 0.6) is 0 Å². The van der Waals surface area contributed by atoms with Crippen LogP contribution in [0.3, 0.4) is 0 Å². The van der Waals surface area contributed by atoms with Crippen molar-refractivity contribution in [3.05, 3.63) is 52.2 Å². The minimum absolute atomic E-state index is 0.0556. The molecule has 0 aliphatic rings. The molecular formula is C17H23N2OS+. The Morgan fingerprint density at radius 1 is 1.24 bits per heavy atom. The third-order valence-corrected chi connectivity index (χ3v) is 4.14. The number of anilines is 1. The molecule has 1 heterocycles. The molecule has 0 saturated carbocycles. The summed E-state index contributed by atoms with van der Waals surface area (Å²) in [6.45, 7) is 5.68. The monoisotopic (exact) mass is 303 g/mol. The quantitative estimate of drug-likeness (QED) is 0.845. The Morgan fingerprint density at radius 2 is 1.95 bits per heavy atom. The van der Waals surface area contributed by atoms with Crippen molar-refractivity contribution in [2.24, 2.45) is 0 Å². The van der Waals surface area contributed by atoms with E-state index < -0.39 is 0 Å². The lowest BCUT2D eigenvalue weighted by molar-refractivity contribution is -0.885. The largest absolute Gasteiger partial charge is 0.326 e. The number of carbonyl (C=O) groups is 1. The SMILES string of the molecule is CC(C)c1ccc(NC(=O)C[NH+](C)Cc2ccsc2)cc1. The van der Waals surface area contributed by atoms with Crippen molar-refractivity contribution in [1.82, 2.24) is 0 Å². The van der Waals surface area contributed by atoms with Crippen LogP contribution in [-0.4, -0.2) is 19.5 Å². The van der Waals surface area contributed by atoms with Gasteiger partial charge in [0.25, 0.3) is 5.91 Å². The Bertz CT molecular complexity index is 561. The zero-order valence-electron chi connectivity index (χ0n) is 12.8. The van der Waals surface area contributed by atoms with Crippen LogP contribution in [0, 0.1) is 0 Å². The number of amides is 1. The molecule has 112 valence electrons. The molecule has 0 aliphatic heterocycles. The van der Waals surface area contributed by atoms with Gasteiger partial charge >= 0.3 is 0 Å². The summed E-state index contributed by atoms with van der Waals surface area (Å²) in [5, 5.41) is 7.16. The Morgan fingerprint density at radius 3 is 2.52 bits per heavy atom. The predicted molar refractivity (Wildman–Crippen MR) is 88.9 cm³/mol. The first-order chi connectivity index (χ1) is 10.0. The van der Waals surface area contributed by atoms with Gasteiger partial charge in [-0.3, -0.25) is 4.79 Å². The second-order valence-electron chi connectivity index (χ2n) is 5.77. The molecule has 2 N–H and O–H groups in total. The average molecular weight is 303 g/mol. The number of rotatable bonds is 6. The first kappa shape index (κ1) is 15.7. The molecule has 0 radical (unpaired) electrons. The van der Waals surface area contributed by atoms with Crippen molar-refractivity contribution in [3.8, 4) is 0 Å². The van der Waals surface area contributed by atoms with Gasteiger partial charge in [-0.1, -0.05) is 26.0 Å². The molecule has 1 aromatic heterocycles. The van der Waals surface area contributed by atoms with Crippen LogP contribution in [0.15, 0.2) is 41.1 Å². The molecule has 0 saturated heterocycles. The van der Waals surface area contributed by atoms with E-state index in [1.165, 1.54) is 16.0 Å². The van der Waals surface area contributed by atoms with Crippen LogP contribution in [-0.2, 0) is 11.3 Å². The number of carbonyl (C=O) groups excluding carboxylic acids is 1. The van der Waals surface area contributed by atoms with Gasteiger partial charge in [0.1, 0.15) is 6.54 Å². The van der Waals surface area contributed by atoms with Gasteiger partial charge in [0, 0.05) is 11.3 Å². The number of benzene rings is 1. The zero-order valence-corrected chi connectivity index (χ0v) is 13.7. The van der Waals surface area contributed by atoms with Crippen LogP contribution in [0.1, 0.15) is 30.9 Å². The van der Waals surface area contributed by atoms with Crippen LogP contribution in [0.2, 0.25) is 0 Å². The molecule has 0 bridgehead atoms. The highest BCUT2D eigenvalue weighted by Gasteiger charge is 2.11. The highest BCUT2D eigenvalue weighted by atomic mass is 32.1. The van der Waals surface area contributed by atoms with E-state index in [4.69, 9.17) is 0 Å². The van der Waals surface area contributed by atoms with Gasteiger partial charge < -0.3 is 10.2 Å². The first-order valence-electron chi connectivity index (χ1n) is 7.27. The Hall–Kier alpha value is -1.65. The molecule has 1 atom stereocenters. The molecule has 1 aromatic carbocycles. The van der Waals surface area contributed by atoms with E-state index in [1.807, 2.05) is 19.2 Å². The fourth-order valence-electron chi connectivity index (χ4n) is 2.23. The summed E-state index contributed by atoms with van der Waals surface area (Å²) in [6, 6.07) is 10.2. The molecule has 0 fully saturated rings. The third-order valence-electron chi connectivity index (χ3n) is 3.41. The summed E-state index contributed by atoms with van der Waals surface area (Å²) < 4.78 is 0. The number of nitrogens with one attached hydrogen (secondary N) is 2. The number of quaternary nitrogens is 1. The number of likely N-dealkylation sites (N-methyl/N-ethyl adjacent to an activating group) is 1. The maximum atomic E-state index is 12.0. The fourth-order valence-corrected chi connectivity index (χ4v) is 2.90. The van der Waals surface area contributed by atoms with Crippen molar-refractivity contribution in [2.45, 2.75) is 26.3 Å². The molecule has 1 unspecified atom stereocenters. The summed E-state index contributed by atoms with van der Waals surface area (Å²) in [5.41, 5.74) is 3.44. The van der Waals surface area contributed by atoms with E-state index in [0.717, 1.165) is 12.2 Å². The van der Waals surface area contributed by atoms with E-state index >= 15 is 0 Å². The van der Waals surface area contributed by atoms with E-state index in [0.29, 0.717) is 12.5 Å². The summed E-state index contributed by atoms with van der Waals surface area (Å²) in [5.74, 6) is 0.566. The lowest BCUT2D eigenvalue weighted by Gasteiger charge is -2.13. The third kappa shape index (κ3) is 4.99. The first-order valence-corrected chi connectivity index (χ1v) is 8.21. The smallest absolute Gasteiger partial charge is 0.279 e. The zero-order chi connectivity index (χ0) is 15.2. The van der Waals surface area contributed by atoms with Gasteiger partial charge in [-0.15, -0.1) is 0 Å². The van der Waals surface area contributed by atoms with Gasteiger partial charge in [-0.25, -0.2) is 0 Å². The summed E-state index contributed by atoms with van der Waals surface area (Å²) in [4.78, 5) is 13.2. The van der Waals surface area contributed by atoms with Crippen molar-refractivity contribution < 1.29 is 9.69 Å². The Labute approximate surface area is 130 Å². The molecular weight excluding hydrogens is 280 g/mol. The molecule has 1 amide bonds. The van der Waals surface area contributed by atoms with Crippen molar-refractivity contribution >= 4 is 22.9 Å². The normalized spacial score (nSPS) is 12.4. The molecule has 3 nitrogen and oxygen atoms in total. The molecule has 2 rings (SSSR count). The van der Waals surface area contributed by atoms with E-state index in [2.05, 4.69) is 48.1 Å². The topological polar surface area (TPSA) is 33.5 Å². The van der Waals surface area contributed by atoms with E-state index in [-0.39, 0.29) is 5.91 Å². The molecule has 0 aliphatic carbocycles. The lowest BCUT2D eigenvalue weighted by Crippen LogP contribution is -3.08. The standard InChI is InChI=1S/C17H22N2OS/c1-13(2)15-4-6-16(7-5-15)18-17(20)11-19(3)10-14-8-9-21-12-14/h4-9,12-13H,10-11H2,1-3H3,(H,18,20)/p+1. The van der Waals surface area contributed by atoms with E-state index in [1.54, 1.807) is 11.3 Å². The van der Waals surface area contributed by atoms with Gasteiger partial charge in [-0.2, -0.15) is 11.3 Å². The van der Waals surface area contributed by atoms with Crippen LogP contribution in [0.25, 0.3) is 0 Å². The molecule has 2 aromatic rings. The van der Waals surface area contributed by atoms with Crippen LogP contribution < -0.4 is 10.2 Å². The second-order valence-corrected chi connectivity index (χ2v) is 6.55. The Balaban J connectivity index is 1.83. The molecule has 4 heteroatoms. The number of hydrogen-bond donors (Lipinski definition) is 2. The summed E-state index contributed by atoms with van der Waals surface area (Å²) in [6.07, 6.45) is 0. The van der Waals surface area contributed by atoms with Crippen molar-refractivity contribution in [2.75, 3.05) is 18.9 Å². The van der Waals surface area contributed by atoms with Gasteiger partial charge in [0.05, 0.1) is 7.05 Å². The van der Waals surface area contributed by atoms with Gasteiger partial charge in [0.15, 0.2) is 6.54 Å². The average Bonchev–Trinajstić information content (AvgIpc) is 2.91. The maximum Gasteiger partial charge on any atom is 0.279 e. The summed E-state index contributed by atoms with van der Waals surface area (Å²) in [7, 11) is 2.04. The van der Waals surface area contributed by atoms with Crippen LogP contribution in [0.4, 0.5) is 5.69 Å². The van der Waals surface area contributed by atoms with Gasteiger partial charge in [0.2, 0.25) is 0 Å². The van der Waals surface area contributed by atoms with Crippen LogP contribution >= 0.6 is 11.3 Å². The number of hydrogen-bond acceptors (Lipinski definition) is 2. The minimum atomic E-state index is 0.0556. The highest BCUT2D eigenvalue weighted by Crippen LogP contribution is 2.16. The lowest BCUT2D eigenvalue weighted by atomic mass is 10.0. The fraction of sp³-hybridized carbons (Fsp3) is 0.353. The maximum absolute atomic E-state index is 12.0. The molecule has 0 spiro atoms. The predicted octanol–water partition coefficient (Wildman–Crippen LogP) is 2.52. The Kier molecular flexibility index (Phi) is 5.53. The molecule has 21 heavy (non-hydrogen) atoms. The van der Waals surface area contributed by atoms with Gasteiger partial charge in [-0.05, 0) is 40.4 Å². The van der Waals surface area contributed by atoms with E-state index in [9.17, 15) is 4.79 Å². The minimum Gasteiger partial charge on any atom is -0.326 e. The number of thiophene rings is 1. The van der Waals surface area contributed by atoms with Crippen molar-refractivity contribution in [3.63, 3.8) is 0 Å². The second kappa shape index (κ2) is 7.38. The van der Waals surface area contributed by atoms with Crippen molar-refractivity contribution in [1.29, 1.82) is 0 Å².